The van der Waals surface area contributed by atoms with Crippen molar-refractivity contribution in [3.63, 3.8) is 0 Å². The second-order valence-corrected chi connectivity index (χ2v) is 5.41. The Morgan fingerprint density at radius 1 is 1.39 bits per heavy atom. The Kier molecular flexibility index (Phi) is 5.35. The van der Waals surface area contributed by atoms with E-state index in [2.05, 4.69) is 43.7 Å². The summed E-state index contributed by atoms with van der Waals surface area (Å²) < 4.78 is 5.66. The topological polar surface area (TPSA) is 34.1 Å². The molecule has 0 amide bonds. The van der Waals surface area contributed by atoms with Crippen LogP contribution in [0.15, 0.2) is 24.8 Å². The summed E-state index contributed by atoms with van der Waals surface area (Å²) in [6.45, 7) is 11.6. The highest BCUT2D eigenvalue weighted by molar-refractivity contribution is 5.28. The Hall–Kier alpha value is -1.35. The van der Waals surface area contributed by atoms with Crippen LogP contribution in [0.3, 0.4) is 0 Å². The lowest BCUT2D eigenvalue weighted by Crippen LogP contribution is -2.16. The van der Waals surface area contributed by atoms with Crippen LogP contribution in [-0.4, -0.2) is 18.6 Å². The summed E-state index contributed by atoms with van der Waals surface area (Å²) in [5, 5.41) is 3.16. The van der Waals surface area contributed by atoms with Gasteiger partial charge in [-0.2, -0.15) is 0 Å². The van der Waals surface area contributed by atoms with Crippen molar-refractivity contribution in [2.24, 2.45) is 0 Å². The first-order chi connectivity index (χ1) is 8.47. The van der Waals surface area contributed by atoms with Crippen LogP contribution in [-0.2, 0) is 12.0 Å². The Morgan fingerprint density at radius 2 is 2.11 bits per heavy atom. The van der Waals surface area contributed by atoms with Crippen molar-refractivity contribution in [2.45, 2.75) is 39.2 Å². The maximum atomic E-state index is 5.66. The predicted molar refractivity (Wildman–Crippen MR) is 76.0 cm³/mol. The molecule has 0 aliphatic rings. The third kappa shape index (κ3) is 4.49. The van der Waals surface area contributed by atoms with Gasteiger partial charge in [-0.05, 0) is 25.1 Å². The van der Waals surface area contributed by atoms with Crippen molar-refractivity contribution in [1.82, 2.24) is 10.3 Å². The van der Waals surface area contributed by atoms with Gasteiger partial charge in [-0.15, -0.1) is 6.58 Å². The van der Waals surface area contributed by atoms with Crippen molar-refractivity contribution in [1.29, 1.82) is 0 Å². The highest BCUT2D eigenvalue weighted by Gasteiger charge is 2.17. The van der Waals surface area contributed by atoms with E-state index in [4.69, 9.17) is 4.74 Å². The summed E-state index contributed by atoms with van der Waals surface area (Å²) in [7, 11) is 1.94. The summed E-state index contributed by atoms with van der Waals surface area (Å²) in [6.07, 6.45) is 2.69. The van der Waals surface area contributed by atoms with Crippen LogP contribution < -0.4 is 10.1 Å². The highest BCUT2D eigenvalue weighted by Crippen LogP contribution is 2.24. The average Bonchev–Trinajstić information content (AvgIpc) is 2.28. The third-order valence-corrected chi connectivity index (χ3v) is 2.58. The fourth-order valence-electron chi connectivity index (χ4n) is 1.57. The molecule has 18 heavy (non-hydrogen) atoms. The van der Waals surface area contributed by atoms with Gasteiger partial charge in [-0.3, -0.25) is 0 Å². The van der Waals surface area contributed by atoms with E-state index in [1.54, 1.807) is 0 Å². The van der Waals surface area contributed by atoms with Gasteiger partial charge in [0.2, 0.25) is 5.88 Å². The lowest BCUT2D eigenvalue weighted by atomic mass is 9.91. The fourth-order valence-corrected chi connectivity index (χ4v) is 1.57. The molecule has 1 aromatic heterocycles. The van der Waals surface area contributed by atoms with Gasteiger partial charge in [0, 0.05) is 18.0 Å². The van der Waals surface area contributed by atoms with Crippen molar-refractivity contribution in [2.75, 3.05) is 13.7 Å². The molecule has 1 aromatic rings. The molecular formula is C15H24N2O. The van der Waals surface area contributed by atoms with Crippen LogP contribution in [0.4, 0.5) is 0 Å². The molecule has 0 saturated heterocycles. The summed E-state index contributed by atoms with van der Waals surface area (Å²) >= 11 is 0. The summed E-state index contributed by atoms with van der Waals surface area (Å²) in [4.78, 5) is 4.57. The Labute approximate surface area is 110 Å². The minimum absolute atomic E-state index is 0.0281. The van der Waals surface area contributed by atoms with Crippen molar-refractivity contribution < 1.29 is 4.74 Å². The Morgan fingerprint density at radius 3 is 2.67 bits per heavy atom. The summed E-state index contributed by atoms with van der Waals surface area (Å²) in [5.41, 5.74) is 2.29. The maximum Gasteiger partial charge on any atom is 0.213 e. The molecule has 3 nitrogen and oxygen atoms in total. The molecule has 1 N–H and O–H groups in total. The van der Waals surface area contributed by atoms with E-state index < -0.39 is 0 Å². The standard InChI is InChI=1S/C15H24N2O/c1-6-7-8-18-14-10-12(11-16-5)9-13(17-14)15(2,3)4/h6,9-10,16H,1,7-8,11H2,2-5H3. The summed E-state index contributed by atoms with van der Waals surface area (Å²) in [6, 6.07) is 4.13. The van der Waals surface area contributed by atoms with E-state index in [1.807, 2.05) is 19.2 Å². The average molecular weight is 248 g/mol. The number of hydrogen-bond acceptors (Lipinski definition) is 3. The zero-order valence-electron chi connectivity index (χ0n) is 11.9. The van der Waals surface area contributed by atoms with E-state index in [-0.39, 0.29) is 5.41 Å². The lowest BCUT2D eigenvalue weighted by Gasteiger charge is -2.20. The van der Waals surface area contributed by atoms with Crippen molar-refractivity contribution in [3.05, 3.63) is 36.0 Å². The molecule has 0 aliphatic carbocycles. The molecule has 0 aromatic carbocycles. The van der Waals surface area contributed by atoms with Gasteiger partial charge in [0.05, 0.1) is 12.3 Å². The number of nitrogens with one attached hydrogen (secondary N) is 1. The molecule has 0 atom stereocenters. The number of rotatable bonds is 6. The molecule has 0 radical (unpaired) electrons. The molecule has 100 valence electrons. The molecule has 0 fully saturated rings. The van der Waals surface area contributed by atoms with Crippen molar-refractivity contribution in [3.8, 4) is 5.88 Å². The molecule has 1 heterocycles. The first-order valence-corrected chi connectivity index (χ1v) is 6.37. The first-order valence-electron chi connectivity index (χ1n) is 6.37. The van der Waals surface area contributed by atoms with Gasteiger partial charge in [0.1, 0.15) is 0 Å². The molecule has 1 rings (SSSR count). The van der Waals surface area contributed by atoms with Crippen LogP contribution in [0, 0.1) is 0 Å². The summed E-state index contributed by atoms with van der Waals surface area (Å²) in [5.74, 6) is 0.703. The normalized spacial score (nSPS) is 11.3. The van der Waals surface area contributed by atoms with Gasteiger partial charge in [-0.25, -0.2) is 4.98 Å². The van der Waals surface area contributed by atoms with Crippen LogP contribution >= 0.6 is 0 Å². The van der Waals surface area contributed by atoms with Crippen LogP contribution in [0.2, 0.25) is 0 Å². The number of pyridine rings is 1. The highest BCUT2D eigenvalue weighted by atomic mass is 16.5. The number of hydrogen-bond donors (Lipinski definition) is 1. The monoisotopic (exact) mass is 248 g/mol. The lowest BCUT2D eigenvalue weighted by molar-refractivity contribution is 0.309. The van der Waals surface area contributed by atoms with E-state index >= 15 is 0 Å². The fraction of sp³-hybridized carbons (Fsp3) is 0.533. The zero-order valence-corrected chi connectivity index (χ0v) is 11.9. The van der Waals surface area contributed by atoms with Gasteiger partial charge in [0.15, 0.2) is 0 Å². The van der Waals surface area contributed by atoms with Crippen molar-refractivity contribution >= 4 is 0 Å². The molecule has 0 unspecified atom stereocenters. The first kappa shape index (κ1) is 14.7. The van der Waals surface area contributed by atoms with Crippen LogP contribution in [0.25, 0.3) is 0 Å². The molecule has 0 spiro atoms. The second kappa shape index (κ2) is 6.55. The molecular weight excluding hydrogens is 224 g/mol. The SMILES string of the molecule is C=CCCOc1cc(CNC)cc(C(C)(C)C)n1. The molecule has 0 saturated carbocycles. The van der Waals surface area contributed by atoms with Gasteiger partial charge in [-0.1, -0.05) is 26.8 Å². The van der Waals surface area contributed by atoms with Crippen LogP contribution in [0.1, 0.15) is 38.4 Å². The largest absolute Gasteiger partial charge is 0.477 e. The van der Waals surface area contributed by atoms with Gasteiger partial charge >= 0.3 is 0 Å². The quantitative estimate of drug-likeness (QED) is 0.620. The number of ether oxygens (including phenoxy) is 1. The van der Waals surface area contributed by atoms with E-state index in [1.165, 1.54) is 5.56 Å². The third-order valence-electron chi connectivity index (χ3n) is 2.58. The smallest absolute Gasteiger partial charge is 0.213 e. The van der Waals surface area contributed by atoms with Gasteiger partial charge < -0.3 is 10.1 Å². The molecule has 0 aliphatic heterocycles. The maximum absolute atomic E-state index is 5.66. The zero-order chi connectivity index (χ0) is 13.6. The molecule has 0 bridgehead atoms. The number of aromatic nitrogens is 1. The second-order valence-electron chi connectivity index (χ2n) is 5.41. The van der Waals surface area contributed by atoms with E-state index in [0.29, 0.717) is 12.5 Å². The predicted octanol–water partition coefficient (Wildman–Crippen LogP) is 3.05. The van der Waals surface area contributed by atoms with E-state index in [0.717, 1.165) is 18.7 Å². The van der Waals surface area contributed by atoms with E-state index in [9.17, 15) is 0 Å². The minimum atomic E-state index is 0.0281. The van der Waals surface area contributed by atoms with Crippen LogP contribution in [0.5, 0.6) is 5.88 Å². The Bertz CT molecular complexity index is 394. The molecule has 3 heteroatoms. The minimum Gasteiger partial charge on any atom is -0.477 e. The number of nitrogens with zero attached hydrogens (tertiary/aromatic N) is 1. The Balaban J connectivity index is 2.94. The van der Waals surface area contributed by atoms with Gasteiger partial charge in [0.25, 0.3) is 0 Å².